The van der Waals surface area contributed by atoms with Gasteiger partial charge >= 0.3 is 0 Å². The molecule has 1 atom stereocenters. The molecule has 0 radical (unpaired) electrons. The molecule has 1 unspecified atom stereocenters. The van der Waals surface area contributed by atoms with Crippen molar-refractivity contribution in [3.05, 3.63) is 34.7 Å². The van der Waals surface area contributed by atoms with Crippen molar-refractivity contribution in [2.24, 2.45) is 0 Å². The van der Waals surface area contributed by atoms with E-state index in [4.69, 9.17) is 4.74 Å². The van der Waals surface area contributed by atoms with Crippen LogP contribution in [0.1, 0.15) is 30.3 Å². The van der Waals surface area contributed by atoms with E-state index in [1.54, 1.807) is 0 Å². The van der Waals surface area contributed by atoms with Crippen LogP contribution in [0.4, 0.5) is 0 Å². The summed E-state index contributed by atoms with van der Waals surface area (Å²) in [6, 6.07) is 9.01. The number of hydrogen-bond donors (Lipinski definition) is 1. The molecule has 2 rings (SSSR count). The summed E-state index contributed by atoms with van der Waals surface area (Å²) in [5, 5.41) is 4.91. The van der Waals surface area contributed by atoms with Gasteiger partial charge in [0, 0.05) is 28.8 Å². The Labute approximate surface area is 113 Å². The summed E-state index contributed by atoms with van der Waals surface area (Å²) in [6.07, 6.45) is 0. The summed E-state index contributed by atoms with van der Waals surface area (Å²) in [7, 11) is 0. The first-order valence-corrected chi connectivity index (χ1v) is 7.34. The van der Waals surface area contributed by atoms with E-state index in [0.29, 0.717) is 6.04 Å². The average Bonchev–Trinajstić information content (AvgIpc) is 2.73. The van der Waals surface area contributed by atoms with Crippen LogP contribution in [0.5, 0.6) is 0 Å². The fraction of sp³-hybridized carbons (Fsp3) is 0.467. The molecule has 0 amide bonds. The molecule has 1 heterocycles. The second-order valence-corrected chi connectivity index (χ2v) is 5.54. The highest BCUT2D eigenvalue weighted by atomic mass is 32.1. The monoisotopic (exact) mass is 263 g/mol. The van der Waals surface area contributed by atoms with Crippen molar-refractivity contribution in [3.63, 3.8) is 0 Å². The minimum absolute atomic E-state index is 0.392. The molecule has 1 aromatic heterocycles. The van der Waals surface area contributed by atoms with Gasteiger partial charge in [0.15, 0.2) is 0 Å². The normalized spacial score (nSPS) is 13.1. The first-order chi connectivity index (χ1) is 8.74. The summed E-state index contributed by atoms with van der Waals surface area (Å²) in [5.74, 6) is 0. The van der Waals surface area contributed by atoms with Crippen LogP contribution in [0.2, 0.25) is 0 Å². The van der Waals surface area contributed by atoms with E-state index in [9.17, 15) is 0 Å². The molecule has 0 aliphatic heterocycles. The number of benzene rings is 1. The van der Waals surface area contributed by atoms with Gasteiger partial charge in [0.2, 0.25) is 0 Å². The average molecular weight is 263 g/mol. The third-order valence-electron chi connectivity index (χ3n) is 3.17. The lowest BCUT2D eigenvalue weighted by molar-refractivity contribution is 0.147. The first-order valence-electron chi connectivity index (χ1n) is 6.53. The summed E-state index contributed by atoms with van der Waals surface area (Å²) >= 11 is 1.89. The molecule has 0 fully saturated rings. The Kier molecular flexibility index (Phi) is 4.75. The first kappa shape index (κ1) is 13.5. The third kappa shape index (κ3) is 2.91. The van der Waals surface area contributed by atoms with Gasteiger partial charge in [0.1, 0.15) is 0 Å². The van der Waals surface area contributed by atoms with Gasteiger partial charge in [-0.2, -0.15) is 0 Å². The van der Waals surface area contributed by atoms with Gasteiger partial charge < -0.3 is 10.1 Å². The number of nitrogens with one attached hydrogen (secondary N) is 1. The maximum absolute atomic E-state index is 5.35. The number of thiophene rings is 1. The Bertz CT molecular complexity index is 506. The van der Waals surface area contributed by atoms with Crippen LogP contribution >= 0.6 is 11.3 Å². The molecule has 18 heavy (non-hydrogen) atoms. The fourth-order valence-corrected chi connectivity index (χ4v) is 3.43. The SMILES string of the molecule is CCOCCNC(C)c1sc2ccccc2c1C. The molecule has 0 saturated heterocycles. The maximum atomic E-state index is 5.35. The van der Waals surface area contributed by atoms with Crippen LogP contribution in [-0.4, -0.2) is 19.8 Å². The largest absolute Gasteiger partial charge is 0.380 e. The van der Waals surface area contributed by atoms with E-state index in [2.05, 4.69) is 43.4 Å². The minimum atomic E-state index is 0.392. The van der Waals surface area contributed by atoms with Crippen molar-refractivity contribution in [1.82, 2.24) is 5.32 Å². The lowest BCUT2D eigenvalue weighted by Gasteiger charge is -2.13. The van der Waals surface area contributed by atoms with Gasteiger partial charge in [-0.15, -0.1) is 11.3 Å². The fourth-order valence-electron chi connectivity index (χ4n) is 2.19. The van der Waals surface area contributed by atoms with E-state index in [1.165, 1.54) is 20.5 Å². The highest BCUT2D eigenvalue weighted by Crippen LogP contribution is 2.34. The Morgan fingerprint density at radius 2 is 2.11 bits per heavy atom. The van der Waals surface area contributed by atoms with Crippen LogP contribution in [0.15, 0.2) is 24.3 Å². The zero-order valence-electron chi connectivity index (χ0n) is 11.3. The molecular formula is C15H21NOS. The number of fused-ring (bicyclic) bond motifs is 1. The zero-order valence-corrected chi connectivity index (χ0v) is 12.1. The molecule has 3 heteroatoms. The Morgan fingerprint density at radius 1 is 1.33 bits per heavy atom. The van der Waals surface area contributed by atoms with Gasteiger partial charge in [-0.25, -0.2) is 0 Å². The van der Waals surface area contributed by atoms with E-state index >= 15 is 0 Å². The van der Waals surface area contributed by atoms with E-state index in [0.717, 1.165) is 19.8 Å². The Morgan fingerprint density at radius 3 is 2.83 bits per heavy atom. The van der Waals surface area contributed by atoms with Crippen LogP contribution in [-0.2, 0) is 4.74 Å². The third-order valence-corrected chi connectivity index (χ3v) is 4.63. The van der Waals surface area contributed by atoms with Crippen LogP contribution in [0, 0.1) is 6.92 Å². The van der Waals surface area contributed by atoms with Gasteiger partial charge in [-0.3, -0.25) is 0 Å². The quantitative estimate of drug-likeness (QED) is 0.798. The number of hydrogen-bond acceptors (Lipinski definition) is 3. The standard InChI is InChI=1S/C15H21NOS/c1-4-17-10-9-16-12(3)15-11(2)13-7-5-6-8-14(13)18-15/h5-8,12,16H,4,9-10H2,1-3H3. The maximum Gasteiger partial charge on any atom is 0.0590 e. The molecule has 0 bridgehead atoms. The predicted octanol–water partition coefficient (Wildman–Crippen LogP) is 3.90. The minimum Gasteiger partial charge on any atom is -0.380 e. The second kappa shape index (κ2) is 6.32. The van der Waals surface area contributed by atoms with Gasteiger partial charge in [-0.1, -0.05) is 18.2 Å². The topological polar surface area (TPSA) is 21.3 Å². The molecular weight excluding hydrogens is 242 g/mol. The molecule has 0 saturated carbocycles. The molecule has 1 N–H and O–H groups in total. The summed E-state index contributed by atoms with van der Waals surface area (Å²) in [6.45, 7) is 8.95. The summed E-state index contributed by atoms with van der Waals surface area (Å²) < 4.78 is 6.73. The van der Waals surface area contributed by atoms with Gasteiger partial charge in [0.05, 0.1) is 6.61 Å². The molecule has 0 aliphatic rings. The van der Waals surface area contributed by atoms with Gasteiger partial charge in [-0.05, 0) is 37.8 Å². The van der Waals surface area contributed by atoms with Crippen LogP contribution in [0.3, 0.4) is 0 Å². The smallest absolute Gasteiger partial charge is 0.0590 e. The van der Waals surface area contributed by atoms with Crippen LogP contribution < -0.4 is 5.32 Å². The number of aryl methyl sites for hydroxylation is 1. The molecule has 0 aliphatic carbocycles. The second-order valence-electron chi connectivity index (χ2n) is 4.46. The molecule has 2 nitrogen and oxygen atoms in total. The van der Waals surface area contributed by atoms with Crippen molar-refractivity contribution in [3.8, 4) is 0 Å². The number of ether oxygens (including phenoxy) is 1. The van der Waals surface area contributed by atoms with Crippen LogP contribution in [0.25, 0.3) is 10.1 Å². The molecule has 98 valence electrons. The molecule has 2 aromatic rings. The van der Waals surface area contributed by atoms with Crippen molar-refractivity contribution >= 4 is 21.4 Å². The van der Waals surface area contributed by atoms with E-state index in [-0.39, 0.29) is 0 Å². The van der Waals surface area contributed by atoms with E-state index < -0.39 is 0 Å². The summed E-state index contributed by atoms with van der Waals surface area (Å²) in [4.78, 5) is 1.44. The molecule has 1 aromatic carbocycles. The van der Waals surface area contributed by atoms with Crippen molar-refractivity contribution in [1.29, 1.82) is 0 Å². The molecule has 0 spiro atoms. The predicted molar refractivity (Wildman–Crippen MR) is 79.5 cm³/mol. The van der Waals surface area contributed by atoms with Gasteiger partial charge in [0.25, 0.3) is 0 Å². The highest BCUT2D eigenvalue weighted by molar-refractivity contribution is 7.19. The van der Waals surface area contributed by atoms with Crippen molar-refractivity contribution < 1.29 is 4.74 Å². The lowest BCUT2D eigenvalue weighted by Crippen LogP contribution is -2.23. The highest BCUT2D eigenvalue weighted by Gasteiger charge is 2.13. The van der Waals surface area contributed by atoms with E-state index in [1.807, 2.05) is 18.3 Å². The number of rotatable bonds is 6. The Balaban J connectivity index is 2.08. The summed E-state index contributed by atoms with van der Waals surface area (Å²) in [5.41, 5.74) is 1.41. The van der Waals surface area contributed by atoms with Crippen molar-refractivity contribution in [2.45, 2.75) is 26.8 Å². The zero-order chi connectivity index (χ0) is 13.0. The Hall–Kier alpha value is -0.900. The lowest BCUT2D eigenvalue weighted by atomic mass is 10.1. The van der Waals surface area contributed by atoms with Crippen molar-refractivity contribution in [2.75, 3.05) is 19.8 Å².